The van der Waals surface area contributed by atoms with Gasteiger partial charge >= 0.3 is 0 Å². The number of nitrogens with zero attached hydrogens (tertiary/aromatic N) is 3. The zero-order chi connectivity index (χ0) is 13.7. The largest absolute Gasteiger partial charge is 0.367 e. The third-order valence-corrected chi connectivity index (χ3v) is 3.84. The minimum absolute atomic E-state index is 0.431. The van der Waals surface area contributed by atoms with Crippen LogP contribution in [0.1, 0.15) is 33.1 Å². The van der Waals surface area contributed by atoms with Gasteiger partial charge in [0.05, 0.1) is 0 Å². The summed E-state index contributed by atoms with van der Waals surface area (Å²) in [7, 11) is 0. The topological polar surface area (TPSA) is 67.1 Å². The van der Waals surface area contributed by atoms with Crippen molar-refractivity contribution in [1.29, 1.82) is 0 Å². The summed E-state index contributed by atoms with van der Waals surface area (Å²) in [6, 6.07) is 2.48. The van der Waals surface area contributed by atoms with E-state index >= 15 is 0 Å². The van der Waals surface area contributed by atoms with Crippen molar-refractivity contribution in [3.05, 3.63) is 12.4 Å². The first-order valence-corrected chi connectivity index (χ1v) is 7.26. The van der Waals surface area contributed by atoms with Crippen LogP contribution in [0.5, 0.6) is 0 Å². The maximum absolute atomic E-state index is 5.79. The highest BCUT2D eigenvalue weighted by Gasteiger charge is 2.20. The maximum Gasteiger partial charge on any atom is 0.134 e. The second-order valence-electron chi connectivity index (χ2n) is 5.41. The van der Waals surface area contributed by atoms with Crippen LogP contribution in [0.3, 0.4) is 0 Å². The summed E-state index contributed by atoms with van der Waals surface area (Å²) < 4.78 is 0. The van der Waals surface area contributed by atoms with Crippen LogP contribution in [0.25, 0.3) is 0 Å². The Balaban J connectivity index is 2.05. The SMILES string of the molecule is CCC(C)Nc1cc(N2CCCC(CN)C2)ncn1. The van der Waals surface area contributed by atoms with Gasteiger partial charge in [0.15, 0.2) is 0 Å². The van der Waals surface area contributed by atoms with E-state index in [1.54, 1.807) is 6.33 Å². The summed E-state index contributed by atoms with van der Waals surface area (Å²) in [6.45, 7) is 7.16. The lowest BCUT2D eigenvalue weighted by molar-refractivity contribution is 0.421. The first kappa shape index (κ1) is 14.1. The fraction of sp³-hybridized carbons (Fsp3) is 0.714. The van der Waals surface area contributed by atoms with Crippen LogP contribution in [0, 0.1) is 5.92 Å². The van der Waals surface area contributed by atoms with Crippen LogP contribution in [0.2, 0.25) is 0 Å². The minimum atomic E-state index is 0.431. The van der Waals surface area contributed by atoms with Gasteiger partial charge in [-0.05, 0) is 38.6 Å². The second-order valence-corrected chi connectivity index (χ2v) is 5.41. The average molecular weight is 263 g/mol. The molecule has 2 rings (SSSR count). The Morgan fingerprint density at radius 1 is 1.53 bits per heavy atom. The fourth-order valence-electron chi connectivity index (χ4n) is 2.42. The molecule has 1 aliphatic heterocycles. The number of piperidine rings is 1. The van der Waals surface area contributed by atoms with Crippen LogP contribution < -0.4 is 16.0 Å². The van der Waals surface area contributed by atoms with Gasteiger partial charge in [-0.1, -0.05) is 6.92 Å². The number of aromatic nitrogens is 2. The van der Waals surface area contributed by atoms with Crippen molar-refractivity contribution in [3.63, 3.8) is 0 Å². The number of rotatable bonds is 5. The van der Waals surface area contributed by atoms with Gasteiger partial charge in [-0.2, -0.15) is 0 Å². The molecule has 0 saturated carbocycles. The van der Waals surface area contributed by atoms with Gasteiger partial charge in [0, 0.05) is 25.2 Å². The molecule has 106 valence electrons. The summed E-state index contributed by atoms with van der Waals surface area (Å²) in [6.07, 6.45) is 5.15. The highest BCUT2D eigenvalue weighted by atomic mass is 15.2. The summed E-state index contributed by atoms with van der Waals surface area (Å²) >= 11 is 0. The molecule has 0 spiro atoms. The average Bonchev–Trinajstić information content (AvgIpc) is 2.47. The molecule has 2 atom stereocenters. The Bertz CT molecular complexity index is 395. The molecule has 1 aromatic rings. The molecule has 5 nitrogen and oxygen atoms in total. The van der Waals surface area contributed by atoms with E-state index in [1.165, 1.54) is 12.8 Å². The van der Waals surface area contributed by atoms with E-state index in [0.717, 1.165) is 37.7 Å². The molecule has 0 radical (unpaired) electrons. The van der Waals surface area contributed by atoms with Gasteiger partial charge < -0.3 is 16.0 Å². The molecule has 0 aliphatic carbocycles. The Hall–Kier alpha value is -1.36. The molecule has 2 heterocycles. The van der Waals surface area contributed by atoms with Crippen molar-refractivity contribution in [2.24, 2.45) is 11.7 Å². The zero-order valence-electron chi connectivity index (χ0n) is 12.0. The van der Waals surface area contributed by atoms with E-state index in [-0.39, 0.29) is 0 Å². The lowest BCUT2D eigenvalue weighted by atomic mass is 9.98. The molecule has 3 N–H and O–H groups in total. The maximum atomic E-state index is 5.79. The first-order valence-electron chi connectivity index (χ1n) is 7.26. The Kier molecular flexibility index (Phi) is 4.96. The molecule has 0 aromatic carbocycles. The van der Waals surface area contributed by atoms with E-state index in [2.05, 4.69) is 34.0 Å². The first-order chi connectivity index (χ1) is 9.22. The monoisotopic (exact) mass is 263 g/mol. The summed E-state index contributed by atoms with van der Waals surface area (Å²) in [4.78, 5) is 11.0. The highest BCUT2D eigenvalue weighted by Crippen LogP contribution is 2.22. The van der Waals surface area contributed by atoms with Gasteiger partial charge in [-0.15, -0.1) is 0 Å². The van der Waals surface area contributed by atoms with Crippen molar-refractivity contribution >= 4 is 11.6 Å². The number of nitrogens with two attached hydrogens (primary N) is 1. The fourth-order valence-corrected chi connectivity index (χ4v) is 2.42. The lowest BCUT2D eigenvalue weighted by Crippen LogP contribution is -2.38. The van der Waals surface area contributed by atoms with Gasteiger partial charge in [0.25, 0.3) is 0 Å². The lowest BCUT2D eigenvalue weighted by Gasteiger charge is -2.33. The van der Waals surface area contributed by atoms with Crippen LogP contribution in [-0.2, 0) is 0 Å². The predicted octanol–water partition coefficient (Wildman–Crippen LogP) is 1.86. The van der Waals surface area contributed by atoms with Crippen LogP contribution in [0.4, 0.5) is 11.6 Å². The summed E-state index contributed by atoms with van der Waals surface area (Å²) in [5.41, 5.74) is 5.79. The quantitative estimate of drug-likeness (QED) is 0.849. The summed E-state index contributed by atoms with van der Waals surface area (Å²) in [5.74, 6) is 2.52. The van der Waals surface area contributed by atoms with E-state index in [1.807, 2.05) is 6.07 Å². The number of anilines is 2. The minimum Gasteiger partial charge on any atom is -0.367 e. The molecule has 19 heavy (non-hydrogen) atoms. The molecular formula is C14H25N5. The third-order valence-electron chi connectivity index (χ3n) is 3.84. The Morgan fingerprint density at radius 2 is 2.37 bits per heavy atom. The van der Waals surface area contributed by atoms with Crippen molar-refractivity contribution < 1.29 is 0 Å². The predicted molar refractivity (Wildman–Crippen MR) is 79.4 cm³/mol. The van der Waals surface area contributed by atoms with E-state index in [0.29, 0.717) is 12.0 Å². The van der Waals surface area contributed by atoms with Gasteiger partial charge in [-0.3, -0.25) is 0 Å². The van der Waals surface area contributed by atoms with E-state index in [9.17, 15) is 0 Å². The van der Waals surface area contributed by atoms with E-state index < -0.39 is 0 Å². The van der Waals surface area contributed by atoms with Gasteiger partial charge in [0.2, 0.25) is 0 Å². The Labute approximate surface area is 115 Å². The molecule has 0 amide bonds. The van der Waals surface area contributed by atoms with Crippen molar-refractivity contribution in [1.82, 2.24) is 9.97 Å². The second kappa shape index (κ2) is 6.70. The van der Waals surface area contributed by atoms with Crippen molar-refractivity contribution in [2.75, 3.05) is 29.9 Å². The van der Waals surface area contributed by atoms with Gasteiger partial charge in [0.1, 0.15) is 18.0 Å². The smallest absolute Gasteiger partial charge is 0.134 e. The summed E-state index contributed by atoms with van der Waals surface area (Å²) in [5, 5.41) is 3.39. The molecule has 1 fully saturated rings. The number of hydrogen-bond acceptors (Lipinski definition) is 5. The van der Waals surface area contributed by atoms with Crippen LogP contribution in [-0.4, -0.2) is 35.6 Å². The van der Waals surface area contributed by atoms with Gasteiger partial charge in [-0.25, -0.2) is 9.97 Å². The Morgan fingerprint density at radius 3 is 3.11 bits per heavy atom. The molecule has 5 heteroatoms. The molecule has 1 aliphatic rings. The van der Waals surface area contributed by atoms with Crippen LogP contribution in [0.15, 0.2) is 12.4 Å². The van der Waals surface area contributed by atoms with Crippen molar-refractivity contribution in [2.45, 2.75) is 39.2 Å². The zero-order valence-corrected chi connectivity index (χ0v) is 12.0. The molecule has 2 unspecified atom stereocenters. The standard InChI is InChI=1S/C14H25N5/c1-3-11(2)18-13-7-14(17-10-16-13)19-6-4-5-12(8-15)9-19/h7,10-12H,3-6,8-9,15H2,1-2H3,(H,16,17,18). The molecule has 1 aromatic heterocycles. The number of hydrogen-bond donors (Lipinski definition) is 2. The van der Waals surface area contributed by atoms with Crippen LogP contribution >= 0.6 is 0 Å². The van der Waals surface area contributed by atoms with Crippen molar-refractivity contribution in [3.8, 4) is 0 Å². The third kappa shape index (κ3) is 3.80. The normalized spacial score (nSPS) is 21.2. The molecule has 0 bridgehead atoms. The molecular weight excluding hydrogens is 238 g/mol. The highest BCUT2D eigenvalue weighted by molar-refractivity contribution is 5.49. The molecule has 1 saturated heterocycles. The van der Waals surface area contributed by atoms with E-state index in [4.69, 9.17) is 5.73 Å². The number of nitrogens with one attached hydrogen (secondary N) is 1.